The molecule has 0 saturated heterocycles. The quantitative estimate of drug-likeness (QED) is 0.767. The molecule has 0 amide bonds. The van der Waals surface area contributed by atoms with E-state index < -0.39 is 0 Å². The Morgan fingerprint density at radius 3 is 2.54 bits per heavy atom. The maximum atomic E-state index is 9.46. The van der Waals surface area contributed by atoms with Gasteiger partial charge in [-0.1, -0.05) is 19.1 Å². The van der Waals surface area contributed by atoms with Gasteiger partial charge in [0.1, 0.15) is 5.75 Å². The fourth-order valence-corrected chi connectivity index (χ4v) is 1.39. The van der Waals surface area contributed by atoms with Crippen LogP contribution in [0.1, 0.15) is 18.1 Å². The van der Waals surface area contributed by atoms with E-state index in [0.717, 1.165) is 18.5 Å². The molecule has 1 aromatic carbocycles. The molecule has 0 saturated carbocycles. The van der Waals surface area contributed by atoms with Gasteiger partial charge < -0.3 is 10.0 Å². The zero-order valence-corrected chi connectivity index (χ0v) is 8.54. The predicted octanol–water partition coefficient (Wildman–Crippen LogP) is 2.02. The van der Waals surface area contributed by atoms with Gasteiger partial charge in [-0.2, -0.15) is 0 Å². The van der Waals surface area contributed by atoms with E-state index in [-0.39, 0.29) is 0 Å². The van der Waals surface area contributed by atoms with Crippen LogP contribution < -0.4 is 0 Å². The summed E-state index contributed by atoms with van der Waals surface area (Å²) in [5.74, 6) is 0.407. The average Bonchev–Trinajstić information content (AvgIpc) is 2.07. The number of rotatable bonds is 3. The lowest BCUT2D eigenvalue weighted by molar-refractivity contribution is 0.401. The molecule has 72 valence electrons. The smallest absolute Gasteiger partial charge is 0.118 e. The highest BCUT2D eigenvalue weighted by Crippen LogP contribution is 2.19. The summed E-state index contributed by atoms with van der Waals surface area (Å²) in [5.41, 5.74) is 2.28. The van der Waals surface area contributed by atoms with Crippen LogP contribution in [0.15, 0.2) is 18.2 Å². The second kappa shape index (κ2) is 4.28. The van der Waals surface area contributed by atoms with Crippen molar-refractivity contribution in [2.75, 3.05) is 14.1 Å². The molecule has 0 radical (unpaired) electrons. The van der Waals surface area contributed by atoms with Crippen LogP contribution in [0.3, 0.4) is 0 Å². The highest BCUT2D eigenvalue weighted by atomic mass is 16.3. The Hall–Kier alpha value is -1.02. The van der Waals surface area contributed by atoms with Crippen molar-refractivity contribution >= 4 is 0 Å². The van der Waals surface area contributed by atoms with E-state index in [4.69, 9.17) is 0 Å². The first kappa shape index (κ1) is 10.1. The minimum atomic E-state index is 0.407. The molecular formula is C11H17NO. The van der Waals surface area contributed by atoms with E-state index in [1.807, 2.05) is 20.2 Å². The van der Waals surface area contributed by atoms with Crippen molar-refractivity contribution in [3.63, 3.8) is 0 Å². The van der Waals surface area contributed by atoms with Crippen LogP contribution in [-0.4, -0.2) is 24.1 Å². The summed E-state index contributed by atoms with van der Waals surface area (Å²) in [6.45, 7) is 2.97. The van der Waals surface area contributed by atoms with Gasteiger partial charge in [0.05, 0.1) is 0 Å². The molecule has 0 unspecified atom stereocenters. The number of hydrogen-bond donors (Lipinski definition) is 1. The third kappa shape index (κ3) is 2.74. The number of phenolic OH excluding ortho intramolecular Hbond substituents is 1. The molecule has 0 atom stereocenters. The van der Waals surface area contributed by atoms with E-state index >= 15 is 0 Å². The number of benzene rings is 1. The van der Waals surface area contributed by atoms with Gasteiger partial charge in [-0.05, 0) is 37.7 Å². The summed E-state index contributed by atoms with van der Waals surface area (Å²) in [4.78, 5) is 2.12. The Morgan fingerprint density at radius 1 is 1.31 bits per heavy atom. The largest absolute Gasteiger partial charge is 0.508 e. The van der Waals surface area contributed by atoms with E-state index in [1.54, 1.807) is 6.07 Å². The first-order valence-electron chi connectivity index (χ1n) is 4.59. The minimum Gasteiger partial charge on any atom is -0.508 e. The molecule has 2 heteroatoms. The van der Waals surface area contributed by atoms with Crippen molar-refractivity contribution in [1.29, 1.82) is 0 Å². The summed E-state index contributed by atoms with van der Waals surface area (Å²) in [5, 5.41) is 9.46. The fourth-order valence-electron chi connectivity index (χ4n) is 1.39. The molecule has 1 rings (SSSR count). The standard InChI is InChI=1S/C11H17NO/c1-4-10-7-9(8-12(2)3)5-6-11(10)13/h5-7,13H,4,8H2,1-3H3. The van der Waals surface area contributed by atoms with Crippen LogP contribution in [0.5, 0.6) is 5.75 Å². The van der Waals surface area contributed by atoms with E-state index in [0.29, 0.717) is 5.75 Å². The topological polar surface area (TPSA) is 23.5 Å². The lowest BCUT2D eigenvalue weighted by Gasteiger charge is -2.11. The highest BCUT2D eigenvalue weighted by Gasteiger charge is 2.01. The van der Waals surface area contributed by atoms with Crippen LogP contribution in [0.2, 0.25) is 0 Å². The van der Waals surface area contributed by atoms with Gasteiger partial charge in [-0.25, -0.2) is 0 Å². The second-order valence-electron chi connectivity index (χ2n) is 3.55. The van der Waals surface area contributed by atoms with Crippen LogP contribution in [0.4, 0.5) is 0 Å². The van der Waals surface area contributed by atoms with Crippen molar-refractivity contribution in [2.24, 2.45) is 0 Å². The fraction of sp³-hybridized carbons (Fsp3) is 0.455. The van der Waals surface area contributed by atoms with Crippen LogP contribution in [-0.2, 0) is 13.0 Å². The number of aryl methyl sites for hydroxylation is 1. The van der Waals surface area contributed by atoms with Gasteiger partial charge >= 0.3 is 0 Å². The number of nitrogens with zero attached hydrogens (tertiary/aromatic N) is 1. The van der Waals surface area contributed by atoms with Crippen molar-refractivity contribution in [3.05, 3.63) is 29.3 Å². The Balaban J connectivity index is 2.86. The van der Waals surface area contributed by atoms with Crippen molar-refractivity contribution in [1.82, 2.24) is 4.90 Å². The average molecular weight is 179 g/mol. The molecule has 1 aromatic rings. The minimum absolute atomic E-state index is 0.407. The maximum Gasteiger partial charge on any atom is 0.118 e. The summed E-state index contributed by atoms with van der Waals surface area (Å²) >= 11 is 0. The first-order chi connectivity index (χ1) is 6.13. The van der Waals surface area contributed by atoms with Crippen LogP contribution in [0.25, 0.3) is 0 Å². The van der Waals surface area contributed by atoms with E-state index in [1.165, 1.54) is 5.56 Å². The molecule has 2 nitrogen and oxygen atoms in total. The molecule has 0 aromatic heterocycles. The molecule has 0 heterocycles. The van der Waals surface area contributed by atoms with Crippen LogP contribution in [0, 0.1) is 0 Å². The maximum absolute atomic E-state index is 9.46. The third-order valence-electron chi connectivity index (χ3n) is 2.02. The Kier molecular flexibility index (Phi) is 3.32. The zero-order chi connectivity index (χ0) is 9.84. The third-order valence-corrected chi connectivity index (χ3v) is 2.02. The molecule has 0 spiro atoms. The van der Waals surface area contributed by atoms with Gasteiger partial charge in [0.25, 0.3) is 0 Å². The Morgan fingerprint density at radius 2 is 2.00 bits per heavy atom. The van der Waals surface area contributed by atoms with Crippen molar-refractivity contribution in [3.8, 4) is 5.75 Å². The summed E-state index contributed by atoms with van der Waals surface area (Å²) in [7, 11) is 4.08. The predicted molar refractivity (Wildman–Crippen MR) is 54.9 cm³/mol. The van der Waals surface area contributed by atoms with E-state index in [2.05, 4.69) is 17.9 Å². The second-order valence-corrected chi connectivity index (χ2v) is 3.55. The SMILES string of the molecule is CCc1cc(CN(C)C)ccc1O. The van der Waals surface area contributed by atoms with Crippen molar-refractivity contribution < 1.29 is 5.11 Å². The zero-order valence-electron chi connectivity index (χ0n) is 8.54. The molecule has 0 aliphatic heterocycles. The summed E-state index contributed by atoms with van der Waals surface area (Å²) in [6, 6.07) is 5.81. The number of phenols is 1. The van der Waals surface area contributed by atoms with Gasteiger partial charge in [-0.15, -0.1) is 0 Å². The number of aromatic hydroxyl groups is 1. The molecule has 0 aliphatic carbocycles. The summed E-state index contributed by atoms with van der Waals surface area (Å²) in [6.07, 6.45) is 0.882. The Labute approximate surface area is 79.8 Å². The Bertz CT molecular complexity index is 281. The van der Waals surface area contributed by atoms with Gasteiger partial charge in [-0.3, -0.25) is 0 Å². The molecule has 13 heavy (non-hydrogen) atoms. The molecular weight excluding hydrogens is 162 g/mol. The van der Waals surface area contributed by atoms with Crippen LogP contribution >= 0.6 is 0 Å². The van der Waals surface area contributed by atoms with Gasteiger partial charge in [0.2, 0.25) is 0 Å². The molecule has 0 aliphatic rings. The van der Waals surface area contributed by atoms with E-state index in [9.17, 15) is 5.11 Å². The lowest BCUT2D eigenvalue weighted by atomic mass is 10.1. The first-order valence-corrected chi connectivity index (χ1v) is 4.59. The summed E-state index contributed by atoms with van der Waals surface area (Å²) < 4.78 is 0. The lowest BCUT2D eigenvalue weighted by Crippen LogP contribution is -2.10. The molecule has 0 bridgehead atoms. The molecule has 0 fully saturated rings. The van der Waals surface area contributed by atoms with Gasteiger partial charge in [0.15, 0.2) is 0 Å². The van der Waals surface area contributed by atoms with Crippen molar-refractivity contribution in [2.45, 2.75) is 19.9 Å². The molecule has 1 N–H and O–H groups in total. The highest BCUT2D eigenvalue weighted by molar-refractivity contribution is 5.36. The number of hydrogen-bond acceptors (Lipinski definition) is 2. The normalized spacial score (nSPS) is 10.8. The monoisotopic (exact) mass is 179 g/mol. The van der Waals surface area contributed by atoms with Gasteiger partial charge in [0, 0.05) is 6.54 Å².